The Hall–Kier alpha value is -4.08. The number of benzene rings is 3. The van der Waals surface area contributed by atoms with E-state index in [1.165, 1.54) is 11.8 Å². The fourth-order valence-corrected chi connectivity index (χ4v) is 6.86. The molecule has 2 aliphatic rings. The molecule has 0 radical (unpaired) electrons. The molecular formula is C33H34N4O4S. The van der Waals surface area contributed by atoms with Gasteiger partial charge in [-0.15, -0.1) is 11.8 Å². The average Bonchev–Trinajstić information content (AvgIpc) is 3.35. The summed E-state index contributed by atoms with van der Waals surface area (Å²) in [5.74, 6) is 1.33. The van der Waals surface area contributed by atoms with Crippen molar-refractivity contribution in [3.8, 4) is 22.7 Å². The van der Waals surface area contributed by atoms with Gasteiger partial charge in [-0.1, -0.05) is 60.7 Å². The summed E-state index contributed by atoms with van der Waals surface area (Å²) < 4.78 is 13.2. The van der Waals surface area contributed by atoms with Gasteiger partial charge < -0.3 is 14.4 Å². The third-order valence-corrected chi connectivity index (χ3v) is 9.26. The van der Waals surface area contributed by atoms with Crippen molar-refractivity contribution >= 4 is 29.4 Å². The molecule has 3 heterocycles. The summed E-state index contributed by atoms with van der Waals surface area (Å²) in [4.78, 5) is 31.1. The van der Waals surface area contributed by atoms with Crippen molar-refractivity contribution in [2.45, 2.75) is 19.1 Å². The summed E-state index contributed by atoms with van der Waals surface area (Å²) in [7, 11) is 1.66. The van der Waals surface area contributed by atoms with Gasteiger partial charge >= 0.3 is 0 Å². The van der Waals surface area contributed by atoms with E-state index in [0.717, 1.165) is 44.9 Å². The van der Waals surface area contributed by atoms with Crippen LogP contribution in [-0.4, -0.2) is 72.2 Å². The molecule has 9 heteroatoms. The fraction of sp³-hybridized carbons (Fsp3) is 0.303. The van der Waals surface area contributed by atoms with Crippen LogP contribution >= 0.6 is 11.8 Å². The van der Waals surface area contributed by atoms with Gasteiger partial charge in [-0.25, -0.2) is 4.68 Å². The monoisotopic (exact) mass is 582 g/mol. The van der Waals surface area contributed by atoms with Gasteiger partial charge in [-0.3, -0.25) is 14.5 Å². The third kappa shape index (κ3) is 5.18. The molecule has 1 atom stereocenters. The van der Waals surface area contributed by atoms with Crippen LogP contribution in [0.3, 0.4) is 0 Å². The topological polar surface area (TPSA) is 76.9 Å². The number of carbonyl (C=O) groups is 2. The summed E-state index contributed by atoms with van der Waals surface area (Å²) >= 11 is 1.54. The van der Waals surface area contributed by atoms with Gasteiger partial charge in [0.05, 0.1) is 42.7 Å². The van der Waals surface area contributed by atoms with Crippen molar-refractivity contribution < 1.29 is 19.1 Å². The second-order valence-corrected chi connectivity index (χ2v) is 11.6. The lowest BCUT2D eigenvalue weighted by molar-refractivity contribution is -0.134. The maximum absolute atomic E-state index is 14.0. The Kier molecular flexibility index (Phi) is 8.04. The lowest BCUT2D eigenvalue weighted by atomic mass is 9.98. The largest absolute Gasteiger partial charge is 0.496 e. The Labute approximate surface area is 250 Å². The van der Waals surface area contributed by atoms with E-state index in [1.54, 1.807) is 16.9 Å². The Morgan fingerprint density at radius 1 is 1.00 bits per heavy atom. The lowest BCUT2D eigenvalue weighted by Gasteiger charge is -2.30. The van der Waals surface area contributed by atoms with Crippen LogP contribution in [0.1, 0.15) is 27.5 Å². The maximum Gasteiger partial charge on any atom is 0.242 e. The van der Waals surface area contributed by atoms with E-state index < -0.39 is 0 Å². The van der Waals surface area contributed by atoms with Crippen molar-refractivity contribution in [2.75, 3.05) is 50.6 Å². The molecule has 6 rings (SSSR count). The number of amides is 2. The number of ether oxygens (including phenoxy) is 2. The Bertz CT molecular complexity index is 1610. The highest BCUT2D eigenvalue weighted by atomic mass is 32.2. The standard InChI is InChI=1S/C33H34N4O4S/c1-22-10-9-14-26(23(22)2)37-33-30(31(34-37)24-11-5-4-6-12-24)32(25-13-7-8-15-27(25)40-3)42-21-29(39)36(33)20-28(38)35-16-18-41-19-17-35/h4-15,32H,16-21H2,1-3H3. The Balaban J connectivity index is 1.63. The predicted molar refractivity (Wildman–Crippen MR) is 166 cm³/mol. The van der Waals surface area contributed by atoms with E-state index in [2.05, 4.69) is 19.9 Å². The van der Waals surface area contributed by atoms with E-state index in [9.17, 15) is 9.59 Å². The van der Waals surface area contributed by atoms with Gasteiger partial charge in [0, 0.05) is 29.8 Å². The van der Waals surface area contributed by atoms with Gasteiger partial charge in [-0.2, -0.15) is 5.10 Å². The molecule has 1 aromatic heterocycles. The Morgan fingerprint density at radius 2 is 1.74 bits per heavy atom. The molecule has 3 aromatic carbocycles. The number of carbonyl (C=O) groups excluding carboxylic acids is 2. The van der Waals surface area contributed by atoms with Crippen molar-refractivity contribution in [3.63, 3.8) is 0 Å². The Morgan fingerprint density at radius 3 is 2.50 bits per heavy atom. The number of hydrogen-bond donors (Lipinski definition) is 0. The quantitative estimate of drug-likeness (QED) is 0.311. The number of morpholine rings is 1. The minimum atomic E-state index is -0.266. The number of para-hydroxylation sites is 1. The minimum absolute atomic E-state index is 0.0736. The van der Waals surface area contributed by atoms with E-state index >= 15 is 0 Å². The molecule has 0 aliphatic carbocycles. The first-order valence-electron chi connectivity index (χ1n) is 14.1. The molecule has 216 valence electrons. The number of thioether (sulfide) groups is 1. The first-order valence-corrected chi connectivity index (χ1v) is 15.2. The summed E-state index contributed by atoms with van der Waals surface area (Å²) in [6.45, 7) is 6.07. The van der Waals surface area contributed by atoms with E-state index in [0.29, 0.717) is 32.1 Å². The second-order valence-electron chi connectivity index (χ2n) is 10.5. The zero-order valence-electron chi connectivity index (χ0n) is 24.1. The van der Waals surface area contributed by atoms with E-state index in [-0.39, 0.29) is 29.4 Å². The minimum Gasteiger partial charge on any atom is -0.496 e. The molecule has 42 heavy (non-hydrogen) atoms. The normalized spacial score (nSPS) is 17.1. The highest BCUT2D eigenvalue weighted by Gasteiger charge is 2.39. The van der Waals surface area contributed by atoms with Crippen molar-refractivity contribution in [1.29, 1.82) is 0 Å². The van der Waals surface area contributed by atoms with Gasteiger partial charge in [0.1, 0.15) is 18.1 Å². The second kappa shape index (κ2) is 12.0. The summed E-state index contributed by atoms with van der Waals surface area (Å²) in [5, 5.41) is 4.97. The first kappa shape index (κ1) is 28.1. The number of aromatic nitrogens is 2. The number of nitrogens with zero attached hydrogens (tertiary/aromatic N) is 4. The number of aryl methyl sites for hydroxylation is 1. The number of hydrogen-bond acceptors (Lipinski definition) is 6. The molecule has 0 N–H and O–H groups in total. The zero-order chi connectivity index (χ0) is 29.2. The number of anilines is 1. The lowest BCUT2D eigenvalue weighted by Crippen LogP contribution is -2.48. The number of fused-ring (bicyclic) bond motifs is 1. The zero-order valence-corrected chi connectivity index (χ0v) is 24.9. The molecule has 1 unspecified atom stereocenters. The van der Waals surface area contributed by atoms with Crippen molar-refractivity contribution in [3.05, 3.63) is 95.1 Å². The predicted octanol–water partition coefficient (Wildman–Crippen LogP) is 5.19. The van der Waals surface area contributed by atoms with Crippen molar-refractivity contribution in [2.24, 2.45) is 0 Å². The van der Waals surface area contributed by atoms with Gasteiger partial charge in [0.2, 0.25) is 11.8 Å². The van der Waals surface area contributed by atoms with Crippen LogP contribution in [-0.2, 0) is 14.3 Å². The summed E-state index contributed by atoms with van der Waals surface area (Å²) in [5.41, 5.74) is 6.59. The molecule has 4 aromatic rings. The number of rotatable bonds is 6. The summed E-state index contributed by atoms with van der Waals surface area (Å²) in [6.07, 6.45) is 0. The van der Waals surface area contributed by atoms with Gasteiger partial charge in [0.25, 0.3) is 0 Å². The number of methoxy groups -OCH3 is 1. The average molecular weight is 583 g/mol. The van der Waals surface area contributed by atoms with E-state index in [4.69, 9.17) is 14.6 Å². The molecule has 8 nitrogen and oxygen atoms in total. The van der Waals surface area contributed by atoms with E-state index in [1.807, 2.05) is 71.4 Å². The summed E-state index contributed by atoms with van der Waals surface area (Å²) in [6, 6.07) is 24.0. The van der Waals surface area contributed by atoms with Crippen LogP contribution in [0.5, 0.6) is 5.75 Å². The molecule has 0 bridgehead atoms. The van der Waals surface area contributed by atoms with Crippen LogP contribution in [0.2, 0.25) is 0 Å². The fourth-order valence-electron chi connectivity index (χ4n) is 5.64. The van der Waals surface area contributed by atoms with Crippen LogP contribution in [0.15, 0.2) is 72.8 Å². The highest BCUT2D eigenvalue weighted by Crippen LogP contribution is 2.50. The molecular weight excluding hydrogens is 548 g/mol. The molecule has 0 spiro atoms. The van der Waals surface area contributed by atoms with Gasteiger partial charge in [0.15, 0.2) is 0 Å². The maximum atomic E-state index is 14.0. The first-order chi connectivity index (χ1) is 20.5. The van der Waals surface area contributed by atoms with Crippen LogP contribution in [0, 0.1) is 13.8 Å². The third-order valence-electron chi connectivity index (χ3n) is 8.02. The SMILES string of the molecule is COc1ccccc1C1SCC(=O)N(CC(=O)N2CCOCC2)c2c1c(-c1ccccc1)nn2-c1cccc(C)c1C. The molecule has 1 saturated heterocycles. The highest BCUT2D eigenvalue weighted by molar-refractivity contribution is 8.00. The van der Waals surface area contributed by atoms with Crippen molar-refractivity contribution in [1.82, 2.24) is 14.7 Å². The van der Waals surface area contributed by atoms with Crippen LogP contribution < -0.4 is 9.64 Å². The molecule has 0 saturated carbocycles. The molecule has 1 fully saturated rings. The van der Waals surface area contributed by atoms with Crippen LogP contribution in [0.4, 0.5) is 5.82 Å². The molecule has 2 aliphatic heterocycles. The molecule has 2 amide bonds. The van der Waals surface area contributed by atoms with Gasteiger partial charge in [-0.05, 0) is 37.1 Å². The van der Waals surface area contributed by atoms with Crippen LogP contribution in [0.25, 0.3) is 16.9 Å². The smallest absolute Gasteiger partial charge is 0.242 e.